The van der Waals surface area contributed by atoms with Crippen LogP contribution >= 0.6 is 0 Å². The minimum absolute atomic E-state index is 0.0300. The van der Waals surface area contributed by atoms with Gasteiger partial charge >= 0.3 is 6.18 Å². The first-order chi connectivity index (χ1) is 39.6. The number of fused-ring (bicyclic) bond motifs is 2. The number of hydrogen-bond acceptors (Lipinski definition) is 16. The molecule has 1 atom stereocenters. The molecule has 4 aromatic carbocycles. The number of alkyl halides is 3. The van der Waals surface area contributed by atoms with E-state index in [0.29, 0.717) is 47.7 Å². The molecular weight excluding hydrogens is 1090 g/mol. The maximum Gasteiger partial charge on any atom is 0.408 e. The number of piperazine rings is 1. The largest absolute Gasteiger partial charge is 0.508 e. The van der Waals surface area contributed by atoms with Crippen LogP contribution in [0.2, 0.25) is 0 Å². The van der Waals surface area contributed by atoms with Gasteiger partial charge < -0.3 is 45.2 Å². The number of amides is 2. The van der Waals surface area contributed by atoms with Crippen molar-refractivity contribution in [3.8, 4) is 34.3 Å². The molecule has 3 fully saturated rings. The Bertz CT molecular complexity index is 3430. The van der Waals surface area contributed by atoms with Crippen LogP contribution in [0.4, 0.5) is 47.7 Å². The highest BCUT2D eigenvalue weighted by Crippen LogP contribution is 2.43. The van der Waals surface area contributed by atoms with E-state index in [9.17, 15) is 41.4 Å². The number of rotatable bonds is 17. The Morgan fingerprint density at radius 3 is 2.07 bits per heavy atom. The molecule has 0 spiro atoms. The molecule has 6 heterocycles. The number of hydrogen-bond donors (Lipinski definition) is 4. The van der Waals surface area contributed by atoms with Crippen molar-refractivity contribution in [2.45, 2.75) is 78.1 Å². The van der Waals surface area contributed by atoms with Crippen LogP contribution in [-0.4, -0.2) is 167 Å². The molecule has 4 aliphatic heterocycles. The van der Waals surface area contributed by atoms with Crippen molar-refractivity contribution in [1.29, 1.82) is 0 Å². The molecular formula is C59H72F3N13O7S. The van der Waals surface area contributed by atoms with Crippen LogP contribution in [0, 0.1) is 11.8 Å². The molecule has 2 aromatic heterocycles. The van der Waals surface area contributed by atoms with E-state index in [0.717, 1.165) is 107 Å². The molecule has 6 aromatic rings. The zero-order valence-corrected chi connectivity index (χ0v) is 48.4. The van der Waals surface area contributed by atoms with E-state index in [1.807, 2.05) is 50.4 Å². The summed E-state index contributed by atoms with van der Waals surface area (Å²) in [5, 5.41) is 34.9. The van der Waals surface area contributed by atoms with Crippen molar-refractivity contribution in [1.82, 2.24) is 44.7 Å². The topological polar surface area (TPSA) is 218 Å². The first kappa shape index (κ1) is 58.6. The van der Waals surface area contributed by atoms with Crippen molar-refractivity contribution < 1.29 is 46.1 Å². The number of aromatic hydroxyl groups is 2. The average Bonchev–Trinajstić information content (AvgIpc) is 2.77. The second kappa shape index (κ2) is 24.3. The number of aromatic nitrogens is 5. The Morgan fingerprint density at radius 1 is 0.783 bits per heavy atom. The van der Waals surface area contributed by atoms with Gasteiger partial charge in [-0.25, -0.2) is 17.7 Å². The summed E-state index contributed by atoms with van der Waals surface area (Å²) < 4.78 is 75.6. The van der Waals surface area contributed by atoms with Gasteiger partial charge in [0.25, 0.3) is 11.8 Å². The summed E-state index contributed by atoms with van der Waals surface area (Å²) in [5.74, 6) is -0.343. The quantitative estimate of drug-likeness (QED) is 0.0673. The maximum absolute atomic E-state index is 13.5. The summed E-state index contributed by atoms with van der Waals surface area (Å²) in [6.07, 6.45) is 2.36. The highest BCUT2D eigenvalue weighted by atomic mass is 32.2. The van der Waals surface area contributed by atoms with Crippen LogP contribution < -0.4 is 29.5 Å². The van der Waals surface area contributed by atoms with Gasteiger partial charge in [0.2, 0.25) is 21.8 Å². The van der Waals surface area contributed by atoms with Gasteiger partial charge in [-0.3, -0.25) is 19.1 Å². The molecule has 24 heteroatoms. The molecule has 10 rings (SSSR count). The molecule has 83 heavy (non-hydrogen) atoms. The van der Waals surface area contributed by atoms with E-state index in [1.54, 1.807) is 49.5 Å². The van der Waals surface area contributed by atoms with Crippen molar-refractivity contribution in [2.75, 3.05) is 105 Å². The molecule has 0 bridgehead atoms. The second-order valence-electron chi connectivity index (χ2n) is 22.5. The molecule has 4 N–H and O–H groups in total. The third-order valence-corrected chi connectivity index (χ3v) is 17.3. The fourth-order valence-corrected chi connectivity index (χ4v) is 12.6. The number of carbonyl (C=O) groups excluding carboxylic acids is 2. The fourth-order valence-electron chi connectivity index (χ4n) is 11.6. The van der Waals surface area contributed by atoms with Crippen LogP contribution in [0.25, 0.3) is 17.1 Å². The van der Waals surface area contributed by atoms with Crippen molar-refractivity contribution in [3.63, 3.8) is 0 Å². The number of phenolic OH excluding ortho intramolecular Hbond substituents is 2. The van der Waals surface area contributed by atoms with Gasteiger partial charge in [0.15, 0.2) is 11.6 Å². The van der Waals surface area contributed by atoms with Gasteiger partial charge in [-0.15, -0.1) is 10.2 Å². The van der Waals surface area contributed by atoms with Gasteiger partial charge in [-0.2, -0.15) is 18.2 Å². The Balaban J connectivity index is 0.690. The molecule has 442 valence electrons. The zero-order valence-electron chi connectivity index (χ0n) is 47.6. The Kier molecular flexibility index (Phi) is 17.2. The van der Waals surface area contributed by atoms with Crippen LogP contribution in [0.15, 0.2) is 85.1 Å². The Morgan fingerprint density at radius 2 is 1.42 bits per heavy atom. The summed E-state index contributed by atoms with van der Waals surface area (Å²) in [6, 6.07) is 20.5. The number of nitrogens with zero attached hydrogens (tertiary/aromatic N) is 11. The highest BCUT2D eigenvalue weighted by molar-refractivity contribution is 7.92. The van der Waals surface area contributed by atoms with Crippen molar-refractivity contribution in [3.05, 3.63) is 108 Å². The first-order valence-corrected chi connectivity index (χ1v) is 30.2. The number of nitrogens with one attached hydrogen (secondary N) is 2. The van der Waals surface area contributed by atoms with E-state index in [2.05, 4.69) is 51.1 Å². The number of sulfonamides is 1. The standard InChI is InChI=1S/C59H72F3N13O7S/c1-7-82-52-30-43(16-17-47(52)65-58-63-33-49-54(66-58)75(83(6,80)81)48-11-9-8-10-44(48)57(79)69(49)5)73-24-20-41(21-25-73)35-70-22-18-40(19-23-70)36-72-28-26-71(27-29-72)34-39-12-14-42(15-13-39)74-53(46-31-45(37(2)3)50(76)32-51(46)77)67-68-55(74)56(78)64-38(4)59(60,61)62/h8-17,30-33,37-38,40-41,76-77H,7,18-29,34-36H2,1-6H3,(H,64,78)(H,63,65,66). The first-order valence-electron chi connectivity index (χ1n) is 28.3. The lowest BCUT2D eigenvalue weighted by atomic mass is 9.92. The second-order valence-corrected chi connectivity index (χ2v) is 24.3. The zero-order chi connectivity index (χ0) is 58.9. The number of piperidine rings is 2. The lowest BCUT2D eigenvalue weighted by Gasteiger charge is -2.40. The number of likely N-dealkylation sites (tertiary alicyclic amines) is 1. The minimum Gasteiger partial charge on any atom is -0.508 e. The lowest BCUT2D eigenvalue weighted by molar-refractivity contribution is -0.149. The third-order valence-electron chi connectivity index (χ3n) is 16.3. The van der Waals surface area contributed by atoms with Gasteiger partial charge in [-0.1, -0.05) is 38.1 Å². The lowest BCUT2D eigenvalue weighted by Crippen LogP contribution is -2.48. The number of halogens is 3. The number of anilines is 6. The molecule has 0 radical (unpaired) electrons. The summed E-state index contributed by atoms with van der Waals surface area (Å²) in [4.78, 5) is 47.3. The predicted octanol–water partition coefficient (Wildman–Crippen LogP) is 8.52. The molecule has 2 amide bonds. The summed E-state index contributed by atoms with van der Waals surface area (Å²) in [5.41, 5.74) is 4.47. The van der Waals surface area contributed by atoms with Crippen molar-refractivity contribution >= 4 is 56.4 Å². The highest BCUT2D eigenvalue weighted by Gasteiger charge is 2.39. The van der Waals surface area contributed by atoms with Gasteiger partial charge in [0.1, 0.15) is 29.0 Å². The molecule has 1 unspecified atom stereocenters. The summed E-state index contributed by atoms with van der Waals surface area (Å²) >= 11 is 0. The van der Waals surface area contributed by atoms with Crippen molar-refractivity contribution in [2.24, 2.45) is 11.8 Å². The fraction of sp³-hybridized carbons (Fsp3) is 0.458. The number of benzene rings is 4. The SMILES string of the molecule is CCOc1cc(N2CCC(CN3CCC(CN4CCN(Cc5ccc(-n6c(C(=O)NC(C)C(F)(F)F)nnc6-c6cc(C(C)C)c(O)cc6O)cc5)CC4)CC3)CC2)ccc1Nc1ncc2c(n1)N(S(C)(=O)=O)c1ccccc1C(=O)N2C. The number of ether oxygens (including phenoxy) is 1. The summed E-state index contributed by atoms with van der Waals surface area (Å²) in [6.45, 7) is 17.6. The predicted molar refractivity (Wildman–Crippen MR) is 312 cm³/mol. The van der Waals surface area contributed by atoms with Crippen LogP contribution in [0.3, 0.4) is 0 Å². The minimum atomic E-state index is -4.68. The molecule has 20 nitrogen and oxygen atoms in total. The molecule has 3 saturated heterocycles. The normalized spacial score (nSPS) is 17.6. The van der Waals surface area contributed by atoms with Gasteiger partial charge in [0, 0.05) is 89.5 Å². The van der Waals surface area contributed by atoms with Crippen LogP contribution in [-0.2, 0) is 16.6 Å². The summed E-state index contributed by atoms with van der Waals surface area (Å²) in [7, 11) is -2.35. The van der Waals surface area contributed by atoms with E-state index < -0.39 is 28.1 Å². The smallest absolute Gasteiger partial charge is 0.408 e. The Labute approximate surface area is 481 Å². The molecule has 0 saturated carbocycles. The molecule has 4 aliphatic rings. The van der Waals surface area contributed by atoms with Gasteiger partial charge in [-0.05, 0) is 124 Å². The number of carbonyl (C=O) groups is 2. The molecule has 0 aliphatic carbocycles. The number of para-hydroxylation sites is 1. The Hall–Kier alpha value is -7.54. The number of phenols is 2. The van der Waals surface area contributed by atoms with Crippen LogP contribution in [0.1, 0.15) is 91.4 Å². The van der Waals surface area contributed by atoms with Crippen LogP contribution in [0.5, 0.6) is 17.2 Å². The van der Waals surface area contributed by atoms with E-state index >= 15 is 0 Å². The van der Waals surface area contributed by atoms with E-state index in [1.165, 1.54) is 34.6 Å². The van der Waals surface area contributed by atoms with E-state index in [-0.39, 0.29) is 69.2 Å². The third kappa shape index (κ3) is 13.0. The monoisotopic (exact) mass is 1160 g/mol. The average molecular weight is 1160 g/mol. The maximum atomic E-state index is 13.5. The van der Waals surface area contributed by atoms with Gasteiger partial charge in [0.05, 0.1) is 41.6 Å². The van der Waals surface area contributed by atoms with E-state index in [4.69, 9.17) is 4.74 Å².